The Bertz CT molecular complexity index is 566. The molecule has 0 saturated heterocycles. The van der Waals surface area contributed by atoms with Crippen molar-refractivity contribution < 1.29 is 4.74 Å². The molecule has 0 fully saturated rings. The van der Waals surface area contributed by atoms with Gasteiger partial charge < -0.3 is 4.74 Å². The van der Waals surface area contributed by atoms with Crippen LogP contribution in [0.5, 0.6) is 5.75 Å². The SMILES string of the molecule is Cc1ccnc(COc2ccc(C(C)C)cc2Cl)c1. The number of hydrogen-bond donors (Lipinski definition) is 0. The lowest BCUT2D eigenvalue weighted by molar-refractivity contribution is 0.301. The fourth-order valence-electron chi connectivity index (χ4n) is 1.82. The van der Waals surface area contributed by atoms with E-state index in [1.165, 1.54) is 11.1 Å². The topological polar surface area (TPSA) is 22.1 Å². The predicted octanol–water partition coefficient (Wildman–Crippen LogP) is 4.75. The van der Waals surface area contributed by atoms with E-state index in [9.17, 15) is 0 Å². The molecule has 0 radical (unpaired) electrons. The standard InChI is InChI=1S/C16H18ClNO/c1-11(2)13-4-5-16(15(17)9-13)19-10-14-8-12(3)6-7-18-14/h4-9,11H,10H2,1-3H3. The summed E-state index contributed by atoms with van der Waals surface area (Å²) in [6.07, 6.45) is 1.79. The smallest absolute Gasteiger partial charge is 0.138 e. The molecule has 0 N–H and O–H groups in total. The molecule has 0 aliphatic heterocycles. The second kappa shape index (κ2) is 6.07. The monoisotopic (exact) mass is 275 g/mol. The molecule has 3 heteroatoms. The Morgan fingerprint density at radius 3 is 2.63 bits per heavy atom. The highest BCUT2D eigenvalue weighted by Crippen LogP contribution is 2.28. The van der Waals surface area contributed by atoms with Gasteiger partial charge in [-0.1, -0.05) is 31.5 Å². The third-order valence-corrected chi connectivity index (χ3v) is 3.27. The van der Waals surface area contributed by atoms with Gasteiger partial charge in [0.15, 0.2) is 0 Å². The summed E-state index contributed by atoms with van der Waals surface area (Å²) in [5.74, 6) is 1.17. The number of aromatic nitrogens is 1. The van der Waals surface area contributed by atoms with Gasteiger partial charge in [-0.05, 0) is 48.2 Å². The fourth-order valence-corrected chi connectivity index (χ4v) is 2.07. The average molecular weight is 276 g/mol. The molecule has 0 amide bonds. The van der Waals surface area contributed by atoms with Gasteiger partial charge in [-0.2, -0.15) is 0 Å². The number of aryl methyl sites for hydroxylation is 1. The predicted molar refractivity (Wildman–Crippen MR) is 78.8 cm³/mol. The van der Waals surface area contributed by atoms with Gasteiger partial charge in [-0.25, -0.2) is 0 Å². The Morgan fingerprint density at radius 1 is 1.21 bits per heavy atom. The van der Waals surface area contributed by atoms with Gasteiger partial charge in [0.1, 0.15) is 12.4 Å². The maximum absolute atomic E-state index is 6.23. The Balaban J connectivity index is 2.07. The fraction of sp³-hybridized carbons (Fsp3) is 0.312. The van der Waals surface area contributed by atoms with Crippen LogP contribution >= 0.6 is 11.6 Å². The molecule has 2 rings (SSSR count). The van der Waals surface area contributed by atoms with Crippen molar-refractivity contribution in [1.29, 1.82) is 0 Å². The lowest BCUT2D eigenvalue weighted by Gasteiger charge is -2.11. The molecule has 1 aromatic heterocycles. The summed E-state index contributed by atoms with van der Waals surface area (Å²) >= 11 is 6.23. The first-order chi connectivity index (χ1) is 9.06. The van der Waals surface area contributed by atoms with Crippen molar-refractivity contribution in [1.82, 2.24) is 4.98 Å². The van der Waals surface area contributed by atoms with Crippen LogP contribution < -0.4 is 4.74 Å². The number of ether oxygens (including phenoxy) is 1. The first kappa shape index (κ1) is 13.9. The Hall–Kier alpha value is -1.54. The molecule has 0 spiro atoms. The number of pyridine rings is 1. The van der Waals surface area contributed by atoms with Gasteiger partial charge in [-0.15, -0.1) is 0 Å². The summed E-state index contributed by atoms with van der Waals surface area (Å²) in [6.45, 7) is 6.75. The van der Waals surface area contributed by atoms with E-state index in [1.807, 2.05) is 31.2 Å². The summed E-state index contributed by atoms with van der Waals surface area (Å²) in [5.41, 5.74) is 3.30. The lowest BCUT2D eigenvalue weighted by atomic mass is 10.0. The van der Waals surface area contributed by atoms with Crippen LogP contribution in [0.15, 0.2) is 36.5 Å². The second-order valence-corrected chi connectivity index (χ2v) is 5.36. The van der Waals surface area contributed by atoms with Gasteiger partial charge >= 0.3 is 0 Å². The summed E-state index contributed by atoms with van der Waals surface area (Å²) in [5, 5.41) is 0.652. The molecular formula is C16H18ClNO. The third kappa shape index (κ3) is 3.71. The highest BCUT2D eigenvalue weighted by Gasteiger charge is 2.06. The summed E-state index contributed by atoms with van der Waals surface area (Å²) in [4.78, 5) is 4.26. The van der Waals surface area contributed by atoms with Crippen molar-refractivity contribution in [3.8, 4) is 5.75 Å². The summed E-state index contributed by atoms with van der Waals surface area (Å²) < 4.78 is 5.72. The van der Waals surface area contributed by atoms with Crippen LogP contribution in [0.1, 0.15) is 36.6 Å². The van der Waals surface area contributed by atoms with E-state index in [0.717, 1.165) is 5.69 Å². The van der Waals surface area contributed by atoms with Crippen LogP contribution in [0.3, 0.4) is 0 Å². The van der Waals surface area contributed by atoms with E-state index >= 15 is 0 Å². The van der Waals surface area contributed by atoms with Crippen molar-refractivity contribution in [2.75, 3.05) is 0 Å². The van der Waals surface area contributed by atoms with Crippen molar-refractivity contribution in [2.24, 2.45) is 0 Å². The van der Waals surface area contributed by atoms with Gasteiger partial charge in [0.05, 0.1) is 10.7 Å². The van der Waals surface area contributed by atoms with E-state index < -0.39 is 0 Å². The molecule has 0 bridgehead atoms. The zero-order valence-corrected chi connectivity index (χ0v) is 12.2. The molecular weight excluding hydrogens is 258 g/mol. The van der Waals surface area contributed by atoms with E-state index in [2.05, 4.69) is 24.9 Å². The van der Waals surface area contributed by atoms with Crippen LogP contribution in [-0.2, 0) is 6.61 Å². The first-order valence-electron chi connectivity index (χ1n) is 6.40. The zero-order chi connectivity index (χ0) is 13.8. The highest BCUT2D eigenvalue weighted by atomic mass is 35.5. The molecule has 0 atom stereocenters. The molecule has 19 heavy (non-hydrogen) atoms. The minimum atomic E-state index is 0.433. The van der Waals surface area contributed by atoms with Gasteiger partial charge in [0.25, 0.3) is 0 Å². The molecule has 0 aliphatic rings. The minimum absolute atomic E-state index is 0.433. The van der Waals surface area contributed by atoms with Crippen molar-refractivity contribution >= 4 is 11.6 Å². The quantitative estimate of drug-likeness (QED) is 0.804. The minimum Gasteiger partial charge on any atom is -0.486 e. The van der Waals surface area contributed by atoms with Gasteiger partial charge in [0.2, 0.25) is 0 Å². The van der Waals surface area contributed by atoms with Crippen LogP contribution in [0, 0.1) is 6.92 Å². The van der Waals surface area contributed by atoms with Crippen LogP contribution in [0.2, 0.25) is 5.02 Å². The number of hydrogen-bond acceptors (Lipinski definition) is 2. The maximum atomic E-state index is 6.23. The summed E-state index contributed by atoms with van der Waals surface area (Å²) in [7, 11) is 0. The number of rotatable bonds is 4. The Kier molecular flexibility index (Phi) is 4.43. The van der Waals surface area contributed by atoms with Gasteiger partial charge in [0, 0.05) is 6.20 Å². The highest BCUT2D eigenvalue weighted by molar-refractivity contribution is 6.32. The molecule has 100 valence electrons. The van der Waals surface area contributed by atoms with Crippen LogP contribution in [0.4, 0.5) is 0 Å². The van der Waals surface area contributed by atoms with Crippen molar-refractivity contribution in [3.63, 3.8) is 0 Å². The number of nitrogens with zero attached hydrogens (tertiary/aromatic N) is 1. The van der Waals surface area contributed by atoms with E-state index in [-0.39, 0.29) is 0 Å². The molecule has 0 saturated carbocycles. The Morgan fingerprint density at radius 2 is 2.00 bits per heavy atom. The van der Waals surface area contributed by atoms with E-state index in [0.29, 0.717) is 23.3 Å². The van der Waals surface area contributed by atoms with Gasteiger partial charge in [-0.3, -0.25) is 4.98 Å². The largest absolute Gasteiger partial charge is 0.486 e. The molecule has 2 aromatic rings. The van der Waals surface area contributed by atoms with Crippen molar-refractivity contribution in [3.05, 3.63) is 58.4 Å². The zero-order valence-electron chi connectivity index (χ0n) is 11.5. The normalized spacial score (nSPS) is 10.8. The molecule has 2 nitrogen and oxygen atoms in total. The molecule has 0 unspecified atom stereocenters. The van der Waals surface area contributed by atoms with Crippen molar-refractivity contribution in [2.45, 2.75) is 33.3 Å². The molecule has 0 aliphatic carbocycles. The average Bonchev–Trinajstić information content (AvgIpc) is 2.37. The van der Waals surface area contributed by atoms with E-state index in [1.54, 1.807) is 6.20 Å². The Labute approximate surface area is 119 Å². The first-order valence-corrected chi connectivity index (χ1v) is 6.78. The van der Waals surface area contributed by atoms with E-state index in [4.69, 9.17) is 16.3 Å². The number of halogens is 1. The molecule has 1 heterocycles. The molecule has 1 aromatic carbocycles. The number of benzene rings is 1. The second-order valence-electron chi connectivity index (χ2n) is 4.96. The van der Waals surface area contributed by atoms with Crippen LogP contribution in [-0.4, -0.2) is 4.98 Å². The van der Waals surface area contributed by atoms with Crippen LogP contribution in [0.25, 0.3) is 0 Å². The third-order valence-electron chi connectivity index (χ3n) is 2.97. The summed E-state index contributed by atoms with van der Waals surface area (Å²) in [6, 6.07) is 9.92. The lowest BCUT2D eigenvalue weighted by Crippen LogP contribution is -1.99. The maximum Gasteiger partial charge on any atom is 0.138 e.